The second kappa shape index (κ2) is 10.8. The minimum absolute atomic E-state index is 0. The van der Waals surface area contributed by atoms with Crippen LogP contribution in [0.5, 0.6) is 0 Å². The third-order valence-electron chi connectivity index (χ3n) is 3.21. The van der Waals surface area contributed by atoms with Crippen LogP contribution in [-0.2, 0) is 6.54 Å². The highest BCUT2D eigenvalue weighted by molar-refractivity contribution is 14.0. The monoisotopic (exact) mass is 408 g/mol. The second-order valence-electron chi connectivity index (χ2n) is 4.78. The first-order chi connectivity index (χ1) is 9.56. The van der Waals surface area contributed by atoms with Crippen molar-refractivity contribution in [1.29, 1.82) is 0 Å². The first-order valence-electron chi connectivity index (χ1n) is 7.04. The molecule has 0 amide bonds. The predicted octanol–water partition coefficient (Wildman–Crippen LogP) is 2.53. The number of benzene rings is 1. The van der Waals surface area contributed by atoms with Crippen LogP contribution < -0.4 is 5.73 Å². The molecule has 0 heterocycles. The minimum Gasteiger partial charge on any atom is -0.370 e. The van der Waals surface area contributed by atoms with Gasteiger partial charge in [0.1, 0.15) is 5.82 Å². The maximum atomic E-state index is 12.8. The molecule has 120 valence electrons. The van der Waals surface area contributed by atoms with E-state index in [0.717, 1.165) is 31.7 Å². The molecule has 0 aliphatic rings. The SMILES string of the molecule is CCN(CC)C(N)=NCCN(C)Cc1ccc(F)cc1.I. The van der Waals surface area contributed by atoms with Crippen molar-refractivity contribution in [2.24, 2.45) is 10.7 Å². The molecule has 0 saturated carbocycles. The number of nitrogens with zero attached hydrogens (tertiary/aromatic N) is 3. The smallest absolute Gasteiger partial charge is 0.191 e. The van der Waals surface area contributed by atoms with Crippen molar-refractivity contribution in [3.05, 3.63) is 35.6 Å². The lowest BCUT2D eigenvalue weighted by Gasteiger charge is -2.20. The number of guanidine groups is 1. The van der Waals surface area contributed by atoms with Gasteiger partial charge in [-0.2, -0.15) is 0 Å². The van der Waals surface area contributed by atoms with Gasteiger partial charge in [0.2, 0.25) is 0 Å². The Kier molecular flexibility index (Phi) is 10.3. The lowest BCUT2D eigenvalue weighted by molar-refractivity contribution is 0.335. The number of halogens is 2. The highest BCUT2D eigenvalue weighted by atomic mass is 127. The van der Waals surface area contributed by atoms with Crippen LogP contribution in [0, 0.1) is 5.82 Å². The summed E-state index contributed by atoms with van der Waals surface area (Å²) < 4.78 is 12.8. The van der Waals surface area contributed by atoms with Crippen LogP contribution in [0.25, 0.3) is 0 Å². The molecule has 0 aliphatic heterocycles. The van der Waals surface area contributed by atoms with Gasteiger partial charge in [0, 0.05) is 26.2 Å². The fraction of sp³-hybridized carbons (Fsp3) is 0.533. The first-order valence-corrected chi connectivity index (χ1v) is 7.04. The quantitative estimate of drug-likeness (QED) is 0.429. The Hall–Kier alpha value is -0.890. The summed E-state index contributed by atoms with van der Waals surface area (Å²) in [7, 11) is 2.02. The van der Waals surface area contributed by atoms with Crippen LogP contribution in [0.2, 0.25) is 0 Å². The molecule has 1 aromatic carbocycles. The topological polar surface area (TPSA) is 44.9 Å². The summed E-state index contributed by atoms with van der Waals surface area (Å²) in [5, 5.41) is 0. The molecular weight excluding hydrogens is 382 g/mol. The number of rotatable bonds is 7. The standard InChI is InChI=1S/C15H25FN4.HI/c1-4-20(5-2)15(17)18-10-11-19(3)12-13-6-8-14(16)9-7-13;/h6-9H,4-5,10-12H2,1-3H3,(H2,17,18);1H. The molecule has 4 nitrogen and oxygen atoms in total. The molecule has 0 unspecified atom stereocenters. The van der Waals surface area contributed by atoms with Crippen molar-refractivity contribution in [3.8, 4) is 0 Å². The van der Waals surface area contributed by atoms with Gasteiger partial charge in [-0.1, -0.05) is 12.1 Å². The molecule has 1 rings (SSSR count). The van der Waals surface area contributed by atoms with Crippen LogP contribution in [0.4, 0.5) is 4.39 Å². The van der Waals surface area contributed by atoms with Crippen molar-refractivity contribution in [1.82, 2.24) is 9.80 Å². The molecule has 1 aromatic rings. The van der Waals surface area contributed by atoms with E-state index in [9.17, 15) is 4.39 Å². The van der Waals surface area contributed by atoms with E-state index in [1.165, 1.54) is 12.1 Å². The Bertz CT molecular complexity index is 418. The average Bonchev–Trinajstić information content (AvgIpc) is 2.43. The molecule has 0 radical (unpaired) electrons. The molecule has 0 bridgehead atoms. The fourth-order valence-electron chi connectivity index (χ4n) is 1.96. The Morgan fingerprint density at radius 2 is 1.76 bits per heavy atom. The largest absolute Gasteiger partial charge is 0.370 e. The zero-order valence-electron chi connectivity index (χ0n) is 13.1. The zero-order valence-corrected chi connectivity index (χ0v) is 15.4. The van der Waals surface area contributed by atoms with E-state index in [-0.39, 0.29) is 29.8 Å². The van der Waals surface area contributed by atoms with E-state index in [1.54, 1.807) is 12.1 Å². The maximum absolute atomic E-state index is 12.8. The fourth-order valence-corrected chi connectivity index (χ4v) is 1.96. The highest BCUT2D eigenvalue weighted by Crippen LogP contribution is 2.05. The molecule has 2 N–H and O–H groups in total. The van der Waals surface area contributed by atoms with Gasteiger partial charge in [0.25, 0.3) is 0 Å². The highest BCUT2D eigenvalue weighted by Gasteiger charge is 2.03. The van der Waals surface area contributed by atoms with Crippen molar-refractivity contribution >= 4 is 29.9 Å². The average molecular weight is 408 g/mol. The van der Waals surface area contributed by atoms with Gasteiger partial charge in [-0.05, 0) is 38.6 Å². The van der Waals surface area contributed by atoms with Crippen LogP contribution in [-0.4, -0.2) is 49.0 Å². The molecular formula is C15H26FIN4. The Morgan fingerprint density at radius 3 is 2.29 bits per heavy atom. The Balaban J connectivity index is 0.00000400. The van der Waals surface area contributed by atoms with E-state index in [2.05, 4.69) is 23.7 Å². The number of hydrogen-bond acceptors (Lipinski definition) is 2. The van der Waals surface area contributed by atoms with E-state index >= 15 is 0 Å². The van der Waals surface area contributed by atoms with Gasteiger partial charge >= 0.3 is 0 Å². The number of aliphatic imine (C=N–C) groups is 1. The lowest BCUT2D eigenvalue weighted by atomic mass is 10.2. The van der Waals surface area contributed by atoms with Gasteiger partial charge in [-0.15, -0.1) is 24.0 Å². The molecule has 0 aliphatic carbocycles. The van der Waals surface area contributed by atoms with E-state index in [0.29, 0.717) is 12.5 Å². The molecule has 0 atom stereocenters. The minimum atomic E-state index is -0.201. The van der Waals surface area contributed by atoms with E-state index in [1.807, 2.05) is 11.9 Å². The summed E-state index contributed by atoms with van der Waals surface area (Å²) in [6.45, 7) is 8.13. The summed E-state index contributed by atoms with van der Waals surface area (Å²) in [5.41, 5.74) is 7.00. The normalized spacial score (nSPS) is 11.4. The van der Waals surface area contributed by atoms with Crippen LogP contribution in [0.1, 0.15) is 19.4 Å². The van der Waals surface area contributed by atoms with Gasteiger partial charge in [-0.25, -0.2) is 4.39 Å². The van der Waals surface area contributed by atoms with Crippen molar-refractivity contribution in [3.63, 3.8) is 0 Å². The Labute approximate surface area is 144 Å². The third-order valence-corrected chi connectivity index (χ3v) is 3.21. The predicted molar refractivity (Wildman–Crippen MR) is 97.6 cm³/mol. The van der Waals surface area contributed by atoms with Crippen molar-refractivity contribution in [2.45, 2.75) is 20.4 Å². The van der Waals surface area contributed by atoms with E-state index in [4.69, 9.17) is 5.73 Å². The van der Waals surface area contributed by atoms with Gasteiger partial charge < -0.3 is 15.5 Å². The van der Waals surface area contributed by atoms with Gasteiger partial charge in [-0.3, -0.25) is 4.99 Å². The van der Waals surface area contributed by atoms with Crippen LogP contribution in [0.15, 0.2) is 29.3 Å². The molecule has 0 spiro atoms. The number of likely N-dealkylation sites (N-methyl/N-ethyl adjacent to an activating group) is 1. The Morgan fingerprint density at radius 1 is 1.19 bits per heavy atom. The van der Waals surface area contributed by atoms with Crippen LogP contribution in [0.3, 0.4) is 0 Å². The molecule has 6 heteroatoms. The first kappa shape index (κ1) is 20.1. The second-order valence-corrected chi connectivity index (χ2v) is 4.78. The number of hydrogen-bond donors (Lipinski definition) is 1. The molecule has 21 heavy (non-hydrogen) atoms. The lowest BCUT2D eigenvalue weighted by Crippen LogP contribution is -2.37. The molecule has 0 fully saturated rings. The van der Waals surface area contributed by atoms with Crippen molar-refractivity contribution < 1.29 is 4.39 Å². The molecule has 0 aromatic heterocycles. The third kappa shape index (κ3) is 7.61. The summed E-state index contributed by atoms with van der Waals surface area (Å²) in [6.07, 6.45) is 0. The summed E-state index contributed by atoms with van der Waals surface area (Å²) in [4.78, 5) is 8.55. The van der Waals surface area contributed by atoms with Gasteiger partial charge in [0.05, 0.1) is 6.54 Å². The maximum Gasteiger partial charge on any atom is 0.191 e. The van der Waals surface area contributed by atoms with E-state index < -0.39 is 0 Å². The molecule has 0 saturated heterocycles. The van der Waals surface area contributed by atoms with Crippen molar-refractivity contribution in [2.75, 3.05) is 33.2 Å². The zero-order chi connectivity index (χ0) is 15.0. The number of nitrogens with two attached hydrogens (primary N) is 1. The van der Waals surface area contributed by atoms with Crippen LogP contribution >= 0.6 is 24.0 Å². The summed E-state index contributed by atoms with van der Waals surface area (Å²) in [6, 6.07) is 6.58. The van der Waals surface area contributed by atoms with Gasteiger partial charge in [0.15, 0.2) is 5.96 Å². The summed E-state index contributed by atoms with van der Waals surface area (Å²) in [5.74, 6) is 0.401. The summed E-state index contributed by atoms with van der Waals surface area (Å²) >= 11 is 0.